The van der Waals surface area contributed by atoms with Crippen LogP contribution in [0.5, 0.6) is 5.75 Å². The number of ketones is 1. The number of carbonyl (C=O) groups is 2. The molecule has 2 fully saturated rings. The zero-order valence-electron chi connectivity index (χ0n) is 18.1. The second-order valence-corrected chi connectivity index (χ2v) is 9.26. The average molecular weight is 400 g/mol. The lowest BCUT2D eigenvalue weighted by atomic mass is 9.51. The monoisotopic (exact) mass is 399 g/mol. The van der Waals surface area contributed by atoms with E-state index in [0.29, 0.717) is 19.3 Å². The first-order valence-corrected chi connectivity index (χ1v) is 10.9. The molecule has 0 N–H and O–H groups in total. The quantitative estimate of drug-likeness (QED) is 0.683. The second kappa shape index (κ2) is 7.42. The Morgan fingerprint density at radius 2 is 2.07 bits per heavy atom. The van der Waals surface area contributed by atoms with Crippen LogP contribution in [-0.4, -0.2) is 49.0 Å². The summed E-state index contributed by atoms with van der Waals surface area (Å²) in [7, 11) is 3.83. The zero-order chi connectivity index (χ0) is 20.8. The molecule has 29 heavy (non-hydrogen) atoms. The number of hydrogen-bond donors (Lipinski definition) is 0. The van der Waals surface area contributed by atoms with Crippen LogP contribution in [0.2, 0.25) is 0 Å². The van der Waals surface area contributed by atoms with Gasteiger partial charge in [0.1, 0.15) is 17.1 Å². The predicted octanol–water partition coefficient (Wildman–Crippen LogP) is 3.66. The van der Waals surface area contributed by atoms with E-state index >= 15 is 0 Å². The number of fused-ring (bicyclic) bond motifs is 3. The fourth-order valence-corrected chi connectivity index (χ4v) is 6.06. The third kappa shape index (κ3) is 3.27. The first-order valence-electron chi connectivity index (χ1n) is 10.9. The number of Topliss-reactive ketones (excluding diaryl/α,β-unsaturated/α-hetero) is 1. The highest BCUT2D eigenvalue weighted by Gasteiger charge is 2.64. The van der Waals surface area contributed by atoms with Crippen molar-refractivity contribution in [2.45, 2.75) is 75.9 Å². The minimum absolute atomic E-state index is 0.0703. The van der Waals surface area contributed by atoms with Crippen molar-refractivity contribution in [2.75, 3.05) is 20.7 Å². The highest BCUT2D eigenvalue weighted by Crippen LogP contribution is 2.57. The van der Waals surface area contributed by atoms with Crippen LogP contribution >= 0.6 is 0 Å². The summed E-state index contributed by atoms with van der Waals surface area (Å²) in [5.74, 6) is 1.53. The van der Waals surface area contributed by atoms with Gasteiger partial charge in [-0.1, -0.05) is 13.0 Å². The summed E-state index contributed by atoms with van der Waals surface area (Å²) >= 11 is 0. The molecule has 0 saturated heterocycles. The minimum Gasteiger partial charge on any atom is -0.497 e. The third-order valence-corrected chi connectivity index (χ3v) is 7.57. The Labute approximate surface area is 173 Å². The van der Waals surface area contributed by atoms with E-state index in [1.807, 2.05) is 6.07 Å². The van der Waals surface area contributed by atoms with Gasteiger partial charge >= 0.3 is 5.97 Å². The van der Waals surface area contributed by atoms with E-state index in [2.05, 4.69) is 31.0 Å². The maximum atomic E-state index is 12.8. The van der Waals surface area contributed by atoms with Crippen molar-refractivity contribution in [3.8, 4) is 5.75 Å². The summed E-state index contributed by atoms with van der Waals surface area (Å²) in [6.45, 7) is 4.65. The van der Waals surface area contributed by atoms with Crippen molar-refractivity contribution in [3.63, 3.8) is 0 Å². The van der Waals surface area contributed by atoms with Gasteiger partial charge in [-0.2, -0.15) is 0 Å². The summed E-state index contributed by atoms with van der Waals surface area (Å²) < 4.78 is 11.8. The van der Waals surface area contributed by atoms with Gasteiger partial charge in [-0.15, -0.1) is 0 Å². The number of ether oxygens (including phenoxy) is 2. The average Bonchev–Trinajstić information content (AvgIpc) is 3.51. The molecule has 0 amide bonds. The number of benzene rings is 1. The van der Waals surface area contributed by atoms with E-state index in [1.54, 1.807) is 7.11 Å². The number of likely N-dealkylation sites (N-methyl/N-ethyl adjacent to an activating group) is 1. The van der Waals surface area contributed by atoms with Crippen LogP contribution in [0.3, 0.4) is 0 Å². The molecule has 3 atom stereocenters. The first kappa shape index (κ1) is 20.4. The third-order valence-electron chi connectivity index (χ3n) is 7.57. The van der Waals surface area contributed by atoms with E-state index < -0.39 is 11.0 Å². The molecule has 3 aliphatic carbocycles. The van der Waals surface area contributed by atoms with Crippen molar-refractivity contribution in [1.82, 2.24) is 4.90 Å². The Kier molecular flexibility index (Phi) is 5.22. The Bertz CT molecular complexity index is 817. The number of hydrogen-bond acceptors (Lipinski definition) is 5. The molecular weight excluding hydrogens is 366 g/mol. The second-order valence-electron chi connectivity index (χ2n) is 9.26. The van der Waals surface area contributed by atoms with Gasteiger partial charge in [0, 0.05) is 31.7 Å². The molecule has 0 radical (unpaired) electrons. The van der Waals surface area contributed by atoms with E-state index in [4.69, 9.17) is 9.47 Å². The van der Waals surface area contributed by atoms with Crippen LogP contribution in [0.15, 0.2) is 18.2 Å². The molecular formula is C24H33NO4. The molecule has 158 valence electrons. The Balaban J connectivity index is 1.91. The summed E-state index contributed by atoms with van der Waals surface area (Å²) in [6, 6.07) is 6.29. The Morgan fingerprint density at radius 3 is 2.69 bits per heavy atom. The number of carbonyl (C=O) groups excluding carboxylic acids is 2. The highest BCUT2D eigenvalue weighted by atomic mass is 16.6. The van der Waals surface area contributed by atoms with Crippen LogP contribution in [0.4, 0.5) is 0 Å². The van der Waals surface area contributed by atoms with Crippen molar-refractivity contribution < 1.29 is 19.1 Å². The van der Waals surface area contributed by atoms with E-state index in [0.717, 1.165) is 36.6 Å². The van der Waals surface area contributed by atoms with Crippen LogP contribution in [0, 0.1) is 5.92 Å². The van der Waals surface area contributed by atoms with Crippen molar-refractivity contribution in [2.24, 2.45) is 5.92 Å². The molecule has 4 rings (SSSR count). The largest absolute Gasteiger partial charge is 0.497 e. The fourth-order valence-electron chi connectivity index (χ4n) is 6.06. The molecule has 5 heteroatoms. The molecule has 0 bridgehead atoms. The topological polar surface area (TPSA) is 55.8 Å². The first-order chi connectivity index (χ1) is 13.8. The summed E-state index contributed by atoms with van der Waals surface area (Å²) in [4.78, 5) is 27.6. The Hall–Kier alpha value is -1.88. The van der Waals surface area contributed by atoms with Crippen LogP contribution < -0.4 is 4.74 Å². The van der Waals surface area contributed by atoms with E-state index in [1.165, 1.54) is 25.3 Å². The molecule has 0 heterocycles. The lowest BCUT2D eigenvalue weighted by Gasteiger charge is -2.60. The van der Waals surface area contributed by atoms with Crippen LogP contribution in [0.1, 0.15) is 63.5 Å². The molecule has 2 saturated carbocycles. The van der Waals surface area contributed by atoms with Crippen molar-refractivity contribution >= 4 is 11.8 Å². The molecule has 1 aromatic rings. The Morgan fingerprint density at radius 1 is 1.31 bits per heavy atom. The lowest BCUT2D eigenvalue weighted by Crippen LogP contribution is -2.70. The SMILES string of the molecule is CC[C@]12CC(=O)CC[C@@]1(OC(C)=O)C(N(C)CC1CC1)Cc1ccc(OC)cc12. The maximum absolute atomic E-state index is 12.8. The van der Waals surface area contributed by atoms with Gasteiger partial charge in [0.2, 0.25) is 0 Å². The smallest absolute Gasteiger partial charge is 0.303 e. The highest BCUT2D eigenvalue weighted by molar-refractivity contribution is 5.83. The summed E-state index contributed by atoms with van der Waals surface area (Å²) in [6.07, 6.45) is 5.62. The van der Waals surface area contributed by atoms with Gasteiger partial charge in [0.25, 0.3) is 0 Å². The van der Waals surface area contributed by atoms with Gasteiger partial charge in [0.15, 0.2) is 0 Å². The van der Waals surface area contributed by atoms with Gasteiger partial charge in [-0.25, -0.2) is 0 Å². The normalized spacial score (nSPS) is 31.2. The predicted molar refractivity (Wildman–Crippen MR) is 111 cm³/mol. The standard InChI is InChI=1S/C24H33NO4/c1-5-23-14-19(27)10-11-24(23,29-16(2)26)22(25(3)15-17-6-7-17)12-18-8-9-20(28-4)13-21(18)23/h8-9,13,17,22H,5-7,10-12,14-15H2,1-4H3/t22?,23-,24-/m1/s1. The lowest BCUT2D eigenvalue weighted by molar-refractivity contribution is -0.192. The number of nitrogens with zero attached hydrogens (tertiary/aromatic N) is 1. The molecule has 1 unspecified atom stereocenters. The number of esters is 1. The number of rotatable bonds is 6. The van der Waals surface area contributed by atoms with Gasteiger partial charge in [-0.05, 0) is 68.3 Å². The van der Waals surface area contributed by atoms with Gasteiger partial charge in [0.05, 0.1) is 13.2 Å². The fraction of sp³-hybridized carbons (Fsp3) is 0.667. The molecule has 1 aromatic carbocycles. The van der Waals surface area contributed by atoms with Crippen LogP contribution in [-0.2, 0) is 26.2 Å². The number of methoxy groups -OCH3 is 1. The summed E-state index contributed by atoms with van der Waals surface area (Å²) in [5.41, 5.74) is 1.17. The molecule has 0 aliphatic heterocycles. The van der Waals surface area contributed by atoms with Crippen molar-refractivity contribution in [1.29, 1.82) is 0 Å². The molecule has 0 spiro atoms. The van der Waals surface area contributed by atoms with E-state index in [-0.39, 0.29) is 17.8 Å². The summed E-state index contributed by atoms with van der Waals surface area (Å²) in [5, 5.41) is 0. The maximum Gasteiger partial charge on any atom is 0.303 e. The molecule has 3 aliphatic rings. The van der Waals surface area contributed by atoms with Gasteiger partial charge < -0.3 is 9.47 Å². The zero-order valence-corrected chi connectivity index (χ0v) is 18.1. The molecule has 5 nitrogen and oxygen atoms in total. The van der Waals surface area contributed by atoms with Gasteiger partial charge in [-0.3, -0.25) is 14.5 Å². The molecule has 0 aromatic heterocycles. The van der Waals surface area contributed by atoms with Crippen molar-refractivity contribution in [3.05, 3.63) is 29.3 Å². The van der Waals surface area contributed by atoms with E-state index in [9.17, 15) is 9.59 Å². The van der Waals surface area contributed by atoms with Crippen LogP contribution in [0.25, 0.3) is 0 Å². The minimum atomic E-state index is -0.690.